The second kappa shape index (κ2) is 9.94. The maximum absolute atomic E-state index is 5.82. The molecule has 1 saturated carbocycles. The van der Waals surface area contributed by atoms with Crippen LogP contribution in [-0.4, -0.2) is 28.9 Å². The van der Waals surface area contributed by atoms with Gasteiger partial charge in [0.25, 0.3) is 0 Å². The molecule has 168 valence electrons. The number of rotatable bonds is 7. The Kier molecular flexibility index (Phi) is 6.42. The normalized spacial score (nSPS) is 18.9. The van der Waals surface area contributed by atoms with Crippen molar-refractivity contribution in [3.63, 3.8) is 0 Å². The highest BCUT2D eigenvalue weighted by atomic mass is 16.5. The predicted molar refractivity (Wildman–Crippen MR) is 124 cm³/mol. The van der Waals surface area contributed by atoms with Crippen molar-refractivity contribution in [1.82, 2.24) is 20.4 Å². The van der Waals surface area contributed by atoms with E-state index >= 15 is 0 Å². The quantitative estimate of drug-likeness (QED) is 0.427. The molecule has 1 fully saturated rings. The number of aliphatic imine (C=N–C) groups is 1. The molecule has 2 aliphatic rings. The molecule has 7 heteroatoms. The molecule has 2 N–H and O–H groups in total. The van der Waals surface area contributed by atoms with E-state index in [1.807, 2.05) is 24.3 Å². The Hall–Kier alpha value is -3.22. The number of benzene rings is 1. The van der Waals surface area contributed by atoms with Crippen LogP contribution in [0.15, 0.2) is 64.3 Å². The summed E-state index contributed by atoms with van der Waals surface area (Å²) in [7, 11) is 0. The fraction of sp³-hybridized carbons (Fsp3) is 0.440. The number of hydrogen-bond donors (Lipinski definition) is 2. The number of guanidine groups is 1. The first-order chi connectivity index (χ1) is 15.8. The average molecular weight is 434 g/mol. The molecule has 7 nitrogen and oxygen atoms in total. The Balaban J connectivity index is 1.27. The molecule has 1 atom stereocenters. The lowest BCUT2D eigenvalue weighted by molar-refractivity contribution is 0.261. The first-order valence-corrected chi connectivity index (χ1v) is 11.7. The molecule has 3 heterocycles. The molecule has 0 spiro atoms. The highest BCUT2D eigenvalue weighted by Gasteiger charge is 2.22. The van der Waals surface area contributed by atoms with Gasteiger partial charge in [-0.05, 0) is 37.1 Å². The number of fused-ring (bicyclic) bond motifs is 1. The molecule has 0 amide bonds. The lowest BCUT2D eigenvalue weighted by Gasteiger charge is -2.28. The summed E-state index contributed by atoms with van der Waals surface area (Å²) >= 11 is 0. The minimum atomic E-state index is 0.158. The molecule has 5 rings (SSSR count). The minimum Gasteiger partial charge on any atom is -0.493 e. The lowest BCUT2D eigenvalue weighted by atomic mass is 10.0. The monoisotopic (exact) mass is 433 g/mol. The fourth-order valence-corrected chi connectivity index (χ4v) is 4.56. The number of hydrogen-bond acceptors (Lipinski definition) is 4. The van der Waals surface area contributed by atoms with Gasteiger partial charge in [-0.15, -0.1) is 0 Å². The van der Waals surface area contributed by atoms with Crippen LogP contribution in [0.3, 0.4) is 0 Å². The van der Waals surface area contributed by atoms with Crippen LogP contribution in [0.5, 0.6) is 5.75 Å². The number of nitrogens with zero attached hydrogens (tertiary/aromatic N) is 3. The van der Waals surface area contributed by atoms with Crippen LogP contribution in [0, 0.1) is 0 Å². The first kappa shape index (κ1) is 20.7. The van der Waals surface area contributed by atoms with Crippen molar-refractivity contribution in [2.75, 3.05) is 13.2 Å². The molecular formula is C25H31N5O2. The number of para-hydroxylation sites is 1. The van der Waals surface area contributed by atoms with E-state index in [0.717, 1.165) is 42.5 Å². The van der Waals surface area contributed by atoms with Crippen molar-refractivity contribution in [1.29, 1.82) is 0 Å². The number of nitrogens with one attached hydrogen (secondary N) is 2. The third-order valence-electron chi connectivity index (χ3n) is 6.27. The molecular weight excluding hydrogens is 402 g/mol. The van der Waals surface area contributed by atoms with Gasteiger partial charge in [-0.25, -0.2) is 4.99 Å². The Morgan fingerprint density at radius 2 is 2.00 bits per heavy atom. The van der Waals surface area contributed by atoms with Gasteiger partial charge in [0.1, 0.15) is 11.5 Å². The van der Waals surface area contributed by atoms with Gasteiger partial charge in [-0.2, -0.15) is 5.10 Å². The van der Waals surface area contributed by atoms with E-state index in [0.29, 0.717) is 19.2 Å². The van der Waals surface area contributed by atoms with Crippen LogP contribution in [-0.2, 0) is 13.0 Å². The van der Waals surface area contributed by atoms with Gasteiger partial charge in [0.2, 0.25) is 0 Å². The van der Waals surface area contributed by atoms with Gasteiger partial charge in [-0.1, -0.05) is 31.0 Å². The average Bonchev–Trinajstić information content (AvgIpc) is 3.60. The molecule has 1 aliphatic carbocycles. The van der Waals surface area contributed by atoms with E-state index in [4.69, 9.17) is 19.2 Å². The highest BCUT2D eigenvalue weighted by Crippen LogP contribution is 2.31. The van der Waals surface area contributed by atoms with Crippen LogP contribution in [0.4, 0.5) is 0 Å². The maximum Gasteiger partial charge on any atom is 0.192 e. The summed E-state index contributed by atoms with van der Waals surface area (Å²) in [6.45, 7) is 1.97. The van der Waals surface area contributed by atoms with Gasteiger partial charge in [-0.3, -0.25) is 4.68 Å². The fourth-order valence-electron chi connectivity index (χ4n) is 4.56. The summed E-state index contributed by atoms with van der Waals surface area (Å²) in [6.07, 6.45) is 10.6. The van der Waals surface area contributed by atoms with E-state index in [-0.39, 0.29) is 6.04 Å². The van der Waals surface area contributed by atoms with Gasteiger partial charge >= 0.3 is 0 Å². The zero-order valence-electron chi connectivity index (χ0n) is 18.4. The van der Waals surface area contributed by atoms with Gasteiger partial charge in [0, 0.05) is 31.1 Å². The summed E-state index contributed by atoms with van der Waals surface area (Å²) in [5, 5.41) is 11.9. The van der Waals surface area contributed by atoms with Crippen molar-refractivity contribution in [3.8, 4) is 5.75 Å². The van der Waals surface area contributed by atoms with Crippen molar-refractivity contribution in [2.24, 2.45) is 4.99 Å². The van der Waals surface area contributed by atoms with Crippen molar-refractivity contribution >= 4 is 5.96 Å². The standard InChI is InChI=1S/C25H31N5O2/c1-2-7-20(6-1)30-15-12-19(29-30)18-27-25(26-14-11-21-8-5-16-31-21)28-23-13-17-32-24-10-4-3-9-22(23)24/h3-5,8-10,12,15-16,20,23H,1-2,6-7,11,13-14,17-18H2,(H2,26,27,28). The van der Waals surface area contributed by atoms with Crippen LogP contribution in [0.25, 0.3) is 0 Å². The second-order valence-electron chi connectivity index (χ2n) is 8.52. The van der Waals surface area contributed by atoms with E-state index in [1.165, 1.54) is 31.2 Å². The number of ether oxygens (including phenoxy) is 1. The zero-order chi connectivity index (χ0) is 21.6. The summed E-state index contributed by atoms with van der Waals surface area (Å²) in [5.41, 5.74) is 2.17. The first-order valence-electron chi connectivity index (χ1n) is 11.7. The Morgan fingerprint density at radius 1 is 1.09 bits per heavy atom. The Labute approximate surface area is 188 Å². The molecule has 1 aliphatic heterocycles. The molecule has 0 saturated heterocycles. The maximum atomic E-state index is 5.82. The predicted octanol–water partition coefficient (Wildman–Crippen LogP) is 4.39. The van der Waals surface area contributed by atoms with Gasteiger partial charge in [0.05, 0.1) is 37.2 Å². The van der Waals surface area contributed by atoms with E-state index in [1.54, 1.807) is 6.26 Å². The zero-order valence-corrected chi connectivity index (χ0v) is 18.4. The molecule has 2 aromatic heterocycles. The molecule has 32 heavy (non-hydrogen) atoms. The van der Waals surface area contributed by atoms with Crippen LogP contribution in [0.1, 0.15) is 61.2 Å². The van der Waals surface area contributed by atoms with E-state index in [2.05, 4.69) is 39.7 Å². The largest absolute Gasteiger partial charge is 0.493 e. The molecule has 1 aromatic carbocycles. The number of furan rings is 1. The van der Waals surface area contributed by atoms with E-state index < -0.39 is 0 Å². The molecule has 0 bridgehead atoms. The topological polar surface area (TPSA) is 76.6 Å². The van der Waals surface area contributed by atoms with Crippen molar-refractivity contribution < 1.29 is 9.15 Å². The Morgan fingerprint density at radius 3 is 2.88 bits per heavy atom. The summed E-state index contributed by atoms with van der Waals surface area (Å²) in [5.74, 6) is 2.69. The van der Waals surface area contributed by atoms with Crippen molar-refractivity contribution in [3.05, 3.63) is 71.9 Å². The highest BCUT2D eigenvalue weighted by molar-refractivity contribution is 5.80. The molecule has 3 aromatic rings. The second-order valence-corrected chi connectivity index (χ2v) is 8.52. The van der Waals surface area contributed by atoms with Crippen LogP contribution in [0.2, 0.25) is 0 Å². The van der Waals surface area contributed by atoms with E-state index in [9.17, 15) is 0 Å². The summed E-state index contributed by atoms with van der Waals surface area (Å²) in [6, 6.07) is 14.9. The SMILES string of the molecule is c1coc(CCNC(=NCc2ccn(C3CCCC3)n2)NC2CCOc3ccccc32)c1. The third kappa shape index (κ3) is 4.98. The minimum absolute atomic E-state index is 0.158. The third-order valence-corrected chi connectivity index (χ3v) is 6.27. The van der Waals surface area contributed by atoms with Gasteiger partial charge < -0.3 is 19.8 Å². The van der Waals surface area contributed by atoms with Crippen LogP contribution < -0.4 is 15.4 Å². The number of aromatic nitrogens is 2. The smallest absolute Gasteiger partial charge is 0.192 e. The van der Waals surface area contributed by atoms with Crippen LogP contribution >= 0.6 is 0 Å². The summed E-state index contributed by atoms with van der Waals surface area (Å²) < 4.78 is 13.4. The molecule has 0 radical (unpaired) electrons. The lowest BCUT2D eigenvalue weighted by Crippen LogP contribution is -2.41. The Bertz CT molecular complexity index is 1020. The molecule has 1 unspecified atom stereocenters. The summed E-state index contributed by atoms with van der Waals surface area (Å²) in [4.78, 5) is 4.87. The van der Waals surface area contributed by atoms with Gasteiger partial charge in [0.15, 0.2) is 5.96 Å². The van der Waals surface area contributed by atoms with Crippen molar-refractivity contribution in [2.45, 2.75) is 57.2 Å².